The number of hydrogen-bond donors (Lipinski definition) is 6. The fraction of sp³-hybridized carbons (Fsp3) is 0.286. The lowest BCUT2D eigenvalue weighted by atomic mass is 9.56. The van der Waals surface area contributed by atoms with Crippen LogP contribution in [0.1, 0.15) is 11.1 Å². The molecule has 3 aromatic carbocycles. The van der Waals surface area contributed by atoms with Crippen LogP contribution < -0.4 is 24.7 Å². The Morgan fingerprint density at radius 1 is 0.918 bits per heavy atom. The van der Waals surface area contributed by atoms with E-state index >= 15 is 0 Å². The maximum atomic E-state index is 14.4. The Bertz CT molecular complexity index is 2100. The third-order valence-corrected chi connectivity index (χ3v) is 10.2. The van der Waals surface area contributed by atoms with E-state index in [1.54, 1.807) is 42.5 Å². The highest BCUT2D eigenvalue weighted by Crippen LogP contribution is 2.56. The maximum Gasteiger partial charge on any atom is 0.255 e. The highest BCUT2D eigenvalue weighted by molar-refractivity contribution is 6.24. The van der Waals surface area contributed by atoms with Crippen molar-refractivity contribution in [3.63, 3.8) is 0 Å². The van der Waals surface area contributed by atoms with Gasteiger partial charge in [-0.3, -0.25) is 19.3 Å². The number of rotatable bonds is 4. The van der Waals surface area contributed by atoms with Gasteiger partial charge >= 0.3 is 0 Å². The molecule has 49 heavy (non-hydrogen) atoms. The molecule has 0 saturated heterocycles. The molecular weight excluding hydrogens is 640 g/mol. The molecule has 0 radical (unpaired) electrons. The van der Waals surface area contributed by atoms with Gasteiger partial charge in [0.25, 0.3) is 5.91 Å². The minimum atomic E-state index is -3.03. The first kappa shape index (κ1) is 30.7. The topological polar surface area (TPSA) is 219 Å². The summed E-state index contributed by atoms with van der Waals surface area (Å²) in [6.45, 7) is -0.0414. The summed E-state index contributed by atoms with van der Waals surface area (Å²) < 4.78 is 22.4. The standard InChI is InChI=1S/C35H30N2O12/c1-37(2)26-25-28(39)18-10-16-15(13-6-7-19-21(8-13)48-11-46-19)9-17(14-4-3-5-20-31(14)49-12-47-20)27(38)22(16)29(40)23(18)32(42)35(25,45)33(43)24(30(26)41)34(36)44/h3-9,18,25-26,28,38-40,43,45H,10-12H2,1-2H3,(H2,36,44)/t18-,25-,26+,28+,35+/m1/s1. The van der Waals surface area contributed by atoms with Gasteiger partial charge in [0.05, 0.1) is 23.6 Å². The number of aliphatic hydroxyl groups excluding tert-OH is 3. The van der Waals surface area contributed by atoms with Crippen LogP contribution in [0.15, 0.2) is 59.4 Å². The van der Waals surface area contributed by atoms with Crippen molar-refractivity contribution >= 4 is 23.2 Å². The van der Waals surface area contributed by atoms with Crippen LogP contribution >= 0.6 is 0 Å². The van der Waals surface area contributed by atoms with Gasteiger partial charge in [-0.15, -0.1) is 0 Å². The van der Waals surface area contributed by atoms with Gasteiger partial charge in [0, 0.05) is 22.6 Å². The van der Waals surface area contributed by atoms with Crippen LogP contribution in [0.3, 0.4) is 0 Å². The molecule has 1 amide bonds. The van der Waals surface area contributed by atoms with Gasteiger partial charge in [0.2, 0.25) is 19.4 Å². The van der Waals surface area contributed by atoms with Gasteiger partial charge in [-0.1, -0.05) is 18.2 Å². The largest absolute Gasteiger partial charge is 0.508 e. The van der Waals surface area contributed by atoms with Crippen molar-refractivity contribution < 1.29 is 58.9 Å². The number of nitrogens with zero attached hydrogens (tertiary/aromatic N) is 1. The second kappa shape index (κ2) is 10.5. The maximum absolute atomic E-state index is 14.4. The predicted molar refractivity (Wildman–Crippen MR) is 169 cm³/mol. The fourth-order valence-electron chi connectivity index (χ4n) is 7.99. The molecular formula is C35H30N2O12. The van der Waals surface area contributed by atoms with Crippen molar-refractivity contribution in [3.05, 3.63) is 70.5 Å². The number of phenols is 1. The van der Waals surface area contributed by atoms with Crippen LogP contribution in [0.5, 0.6) is 28.7 Å². The molecule has 1 fully saturated rings. The summed E-state index contributed by atoms with van der Waals surface area (Å²) in [6.07, 6.45) is -1.88. The smallest absolute Gasteiger partial charge is 0.255 e. The molecule has 14 nitrogen and oxygen atoms in total. The zero-order chi connectivity index (χ0) is 34.7. The second-order valence-electron chi connectivity index (χ2n) is 12.8. The van der Waals surface area contributed by atoms with Gasteiger partial charge in [-0.2, -0.15) is 0 Å². The summed E-state index contributed by atoms with van der Waals surface area (Å²) in [5, 5.41) is 59.1. The number of nitrogens with two attached hydrogens (primary N) is 1. The van der Waals surface area contributed by atoms with Crippen molar-refractivity contribution in [2.45, 2.75) is 24.2 Å². The van der Waals surface area contributed by atoms with Gasteiger partial charge in [0.15, 0.2) is 34.4 Å². The molecule has 252 valence electrons. The number of fused-ring (bicyclic) bond motifs is 5. The van der Waals surface area contributed by atoms with Crippen molar-refractivity contribution in [1.82, 2.24) is 4.90 Å². The molecule has 0 bridgehead atoms. The molecule has 0 aromatic heterocycles. The lowest BCUT2D eigenvalue weighted by Gasteiger charge is -2.52. The van der Waals surface area contributed by atoms with E-state index in [-0.39, 0.29) is 31.1 Å². The number of primary amides is 1. The van der Waals surface area contributed by atoms with Crippen molar-refractivity contribution in [2.75, 3.05) is 27.7 Å². The molecule has 0 unspecified atom stereocenters. The predicted octanol–water partition coefficient (Wildman–Crippen LogP) is 1.73. The minimum absolute atomic E-state index is 0.0172. The number of ketones is 2. The summed E-state index contributed by atoms with van der Waals surface area (Å²) in [5.74, 6) is -7.28. The Labute approximate surface area is 277 Å². The Balaban J connectivity index is 1.40. The van der Waals surface area contributed by atoms with E-state index in [1.807, 2.05) is 0 Å². The molecule has 8 rings (SSSR count). The number of aromatic hydroxyl groups is 1. The zero-order valence-corrected chi connectivity index (χ0v) is 26.1. The molecule has 5 aliphatic rings. The number of carbonyl (C=O) groups is 3. The zero-order valence-electron chi connectivity index (χ0n) is 26.1. The average Bonchev–Trinajstić information content (AvgIpc) is 3.74. The number of phenolic OH excluding ortho intramolecular Hbond substituents is 1. The number of likely N-dealkylation sites (N-methyl/N-ethyl adjacent to an activating group) is 1. The third-order valence-electron chi connectivity index (χ3n) is 10.2. The van der Waals surface area contributed by atoms with E-state index in [2.05, 4.69) is 0 Å². The Hall–Kier alpha value is -5.57. The summed E-state index contributed by atoms with van der Waals surface area (Å²) in [5.41, 5.74) is 2.79. The Kier molecular flexibility index (Phi) is 6.56. The number of para-hydroxylation sites is 1. The lowest BCUT2D eigenvalue weighted by Crippen LogP contribution is -2.70. The van der Waals surface area contributed by atoms with Crippen LogP contribution in [0.4, 0.5) is 0 Å². The first-order valence-corrected chi connectivity index (χ1v) is 15.4. The van der Waals surface area contributed by atoms with Gasteiger partial charge < -0.3 is 50.2 Å². The second-order valence-corrected chi connectivity index (χ2v) is 12.8. The third kappa shape index (κ3) is 4.02. The van der Waals surface area contributed by atoms with Crippen LogP contribution in [-0.4, -0.2) is 93.3 Å². The number of hydrogen-bond acceptors (Lipinski definition) is 13. The van der Waals surface area contributed by atoms with Crippen LogP contribution in [0.25, 0.3) is 28.0 Å². The number of amides is 1. The Morgan fingerprint density at radius 2 is 1.63 bits per heavy atom. The van der Waals surface area contributed by atoms with Crippen LogP contribution in [-0.2, 0) is 20.8 Å². The molecule has 2 heterocycles. The summed E-state index contributed by atoms with van der Waals surface area (Å²) in [6, 6.07) is 10.5. The van der Waals surface area contributed by atoms with Crippen molar-refractivity contribution in [2.24, 2.45) is 17.6 Å². The van der Waals surface area contributed by atoms with Crippen LogP contribution in [0, 0.1) is 11.8 Å². The van der Waals surface area contributed by atoms with Crippen molar-refractivity contribution in [1.29, 1.82) is 0 Å². The quantitative estimate of drug-likeness (QED) is 0.218. The number of Topliss-reactive ketones (excluding diaryl/α,β-unsaturated/α-hetero) is 2. The number of aliphatic hydroxyl groups is 4. The van der Waals surface area contributed by atoms with Gasteiger partial charge in [-0.05, 0) is 61.5 Å². The number of benzene rings is 3. The molecule has 0 spiro atoms. The summed E-state index contributed by atoms with van der Waals surface area (Å²) in [4.78, 5) is 41.6. The van der Waals surface area contributed by atoms with Crippen molar-refractivity contribution in [3.8, 4) is 51.0 Å². The van der Waals surface area contributed by atoms with E-state index in [0.717, 1.165) is 0 Å². The first-order chi connectivity index (χ1) is 23.4. The van der Waals surface area contributed by atoms with E-state index in [9.17, 15) is 39.9 Å². The van der Waals surface area contributed by atoms with Crippen LogP contribution in [0.2, 0.25) is 0 Å². The molecule has 3 aliphatic carbocycles. The normalized spacial score (nSPS) is 26.6. The molecule has 1 saturated carbocycles. The Morgan fingerprint density at radius 3 is 2.37 bits per heavy atom. The monoisotopic (exact) mass is 670 g/mol. The minimum Gasteiger partial charge on any atom is -0.508 e. The number of ether oxygens (including phenoxy) is 4. The molecule has 2 aliphatic heterocycles. The molecule has 3 aromatic rings. The summed E-state index contributed by atoms with van der Waals surface area (Å²) in [7, 11) is 2.90. The SMILES string of the molecule is CN(C)[C@@H]1C(=O)C(C(N)=O)=C(O)[C@@]2(O)C(=O)C3=C(O)c4c(O)c(-c5cccc6c5OCO6)cc(-c5ccc6c(c5)OCO6)c4C[C@H]3[C@H](O)[C@@H]12. The lowest BCUT2D eigenvalue weighted by molar-refractivity contribution is -0.168. The highest BCUT2D eigenvalue weighted by Gasteiger charge is 2.67. The highest BCUT2D eigenvalue weighted by atomic mass is 16.7. The van der Waals surface area contributed by atoms with E-state index < -0.39 is 75.5 Å². The average molecular weight is 671 g/mol. The number of carbonyl (C=O) groups excluding carboxylic acids is 3. The van der Waals surface area contributed by atoms with Gasteiger partial charge in [-0.25, -0.2) is 0 Å². The van der Waals surface area contributed by atoms with E-state index in [1.165, 1.54) is 19.0 Å². The van der Waals surface area contributed by atoms with E-state index in [0.29, 0.717) is 45.3 Å². The summed E-state index contributed by atoms with van der Waals surface area (Å²) >= 11 is 0. The fourth-order valence-corrected chi connectivity index (χ4v) is 7.99. The molecule has 5 atom stereocenters. The molecule has 14 heteroatoms. The molecule has 7 N–H and O–H groups in total. The first-order valence-electron chi connectivity index (χ1n) is 15.4. The van der Waals surface area contributed by atoms with E-state index in [4.69, 9.17) is 24.7 Å². The van der Waals surface area contributed by atoms with Gasteiger partial charge in [0.1, 0.15) is 22.8 Å².